The molecule has 0 aliphatic carbocycles. The zero-order valence-corrected chi connectivity index (χ0v) is 32.6. The first-order chi connectivity index (χ1) is 24.1. The summed E-state index contributed by atoms with van der Waals surface area (Å²) < 4.78 is 0. The van der Waals surface area contributed by atoms with E-state index in [1.807, 2.05) is 6.08 Å². The number of amides is 1. The molecule has 49 heavy (non-hydrogen) atoms. The number of aliphatic hydroxyl groups is 3. The van der Waals surface area contributed by atoms with Gasteiger partial charge in [0.15, 0.2) is 0 Å². The minimum atomic E-state index is -1.11. The second-order valence-electron chi connectivity index (χ2n) is 14.5. The Hall–Kier alpha value is -1.43. The van der Waals surface area contributed by atoms with Crippen molar-refractivity contribution in [3.8, 4) is 0 Å². The number of aliphatic hydroxyl groups excluding tert-OH is 3. The van der Waals surface area contributed by atoms with Gasteiger partial charge in [-0.05, 0) is 44.9 Å². The van der Waals surface area contributed by atoms with Gasteiger partial charge in [0.05, 0.1) is 18.8 Å². The zero-order valence-electron chi connectivity index (χ0n) is 32.6. The van der Waals surface area contributed by atoms with Crippen molar-refractivity contribution >= 4 is 5.91 Å². The molecule has 5 heteroatoms. The summed E-state index contributed by atoms with van der Waals surface area (Å²) in [6.45, 7) is 4.15. The van der Waals surface area contributed by atoms with Crippen LogP contribution in [0.1, 0.15) is 213 Å². The van der Waals surface area contributed by atoms with Gasteiger partial charge < -0.3 is 20.6 Å². The number of allylic oxidation sites excluding steroid dienone is 5. The van der Waals surface area contributed by atoms with Crippen molar-refractivity contribution in [1.29, 1.82) is 0 Å². The van der Waals surface area contributed by atoms with Gasteiger partial charge in [0.1, 0.15) is 6.10 Å². The molecule has 0 aliphatic heterocycles. The smallest absolute Gasteiger partial charge is 0.249 e. The summed E-state index contributed by atoms with van der Waals surface area (Å²) in [5.74, 6) is -0.516. The first kappa shape index (κ1) is 47.6. The van der Waals surface area contributed by atoms with Crippen LogP contribution in [0.3, 0.4) is 0 Å². The van der Waals surface area contributed by atoms with E-state index in [1.165, 1.54) is 148 Å². The molecule has 0 heterocycles. The van der Waals surface area contributed by atoms with E-state index >= 15 is 0 Å². The van der Waals surface area contributed by atoms with Gasteiger partial charge in [-0.2, -0.15) is 0 Å². The van der Waals surface area contributed by atoms with E-state index in [1.54, 1.807) is 6.08 Å². The monoisotopic (exact) mass is 690 g/mol. The average molecular weight is 690 g/mol. The standard InChI is InChI=1S/C44H83NO4/c1-3-5-7-9-11-13-15-17-19-20-21-22-23-25-27-29-31-33-35-37-39-43(48)44(49)45-41(40-46)42(47)38-36-34-32-30-28-26-24-18-16-14-12-10-8-6-4-2/h16,18,28,30,36,38,41-43,46-48H,3-15,17,19-27,29,31-35,37,39-40H2,1-2H3,(H,45,49)/b18-16+,30-28+,38-36+. The summed E-state index contributed by atoms with van der Waals surface area (Å²) in [7, 11) is 0. The molecule has 0 spiro atoms. The highest BCUT2D eigenvalue weighted by Crippen LogP contribution is 2.15. The van der Waals surface area contributed by atoms with Crippen molar-refractivity contribution in [3.05, 3.63) is 36.5 Å². The molecule has 3 unspecified atom stereocenters. The fraction of sp³-hybridized carbons (Fsp3) is 0.841. The topological polar surface area (TPSA) is 89.8 Å². The van der Waals surface area contributed by atoms with Crippen LogP contribution in [0.2, 0.25) is 0 Å². The van der Waals surface area contributed by atoms with Gasteiger partial charge in [0, 0.05) is 0 Å². The lowest BCUT2D eigenvalue weighted by Crippen LogP contribution is -2.48. The van der Waals surface area contributed by atoms with Crippen LogP contribution in [-0.4, -0.2) is 46.1 Å². The van der Waals surface area contributed by atoms with Crippen molar-refractivity contribution in [2.75, 3.05) is 6.61 Å². The number of carbonyl (C=O) groups is 1. The average Bonchev–Trinajstić information content (AvgIpc) is 3.11. The van der Waals surface area contributed by atoms with Crippen LogP contribution in [0.5, 0.6) is 0 Å². The van der Waals surface area contributed by atoms with E-state index in [2.05, 4.69) is 43.5 Å². The van der Waals surface area contributed by atoms with Gasteiger partial charge in [0.25, 0.3) is 0 Å². The van der Waals surface area contributed by atoms with E-state index in [0.717, 1.165) is 44.9 Å². The number of unbranched alkanes of at least 4 members (excludes halogenated alkanes) is 26. The van der Waals surface area contributed by atoms with E-state index < -0.39 is 24.2 Å². The molecule has 4 N–H and O–H groups in total. The van der Waals surface area contributed by atoms with E-state index in [-0.39, 0.29) is 6.61 Å². The maximum absolute atomic E-state index is 12.4. The predicted molar refractivity (Wildman–Crippen MR) is 213 cm³/mol. The van der Waals surface area contributed by atoms with Crippen molar-refractivity contribution in [1.82, 2.24) is 5.32 Å². The van der Waals surface area contributed by atoms with Crippen LogP contribution in [0.15, 0.2) is 36.5 Å². The highest BCUT2D eigenvalue weighted by Gasteiger charge is 2.22. The lowest BCUT2D eigenvalue weighted by molar-refractivity contribution is -0.131. The van der Waals surface area contributed by atoms with Gasteiger partial charge in [-0.3, -0.25) is 4.79 Å². The van der Waals surface area contributed by atoms with Crippen molar-refractivity contribution in [2.24, 2.45) is 0 Å². The molecule has 0 aromatic carbocycles. The zero-order chi connectivity index (χ0) is 35.9. The summed E-state index contributed by atoms with van der Waals surface area (Å²) in [4.78, 5) is 12.4. The molecule has 5 nitrogen and oxygen atoms in total. The molecule has 0 bridgehead atoms. The molecule has 0 rings (SSSR count). The summed E-state index contributed by atoms with van der Waals surface area (Å²) in [5.41, 5.74) is 0. The Bertz CT molecular complexity index is 764. The molecule has 288 valence electrons. The predicted octanol–water partition coefficient (Wildman–Crippen LogP) is 12.0. The van der Waals surface area contributed by atoms with Crippen LogP contribution in [0, 0.1) is 0 Å². The minimum Gasteiger partial charge on any atom is -0.394 e. The fourth-order valence-electron chi connectivity index (χ4n) is 6.33. The first-order valence-electron chi connectivity index (χ1n) is 21.3. The number of nitrogens with one attached hydrogen (secondary N) is 1. The van der Waals surface area contributed by atoms with Gasteiger partial charge >= 0.3 is 0 Å². The Labute approximate surface area is 304 Å². The lowest BCUT2D eigenvalue weighted by atomic mass is 10.0. The van der Waals surface area contributed by atoms with Crippen molar-refractivity contribution in [3.63, 3.8) is 0 Å². The highest BCUT2D eigenvalue weighted by molar-refractivity contribution is 5.80. The summed E-state index contributed by atoms with van der Waals surface area (Å²) >= 11 is 0. The number of rotatable bonds is 38. The lowest BCUT2D eigenvalue weighted by Gasteiger charge is -2.21. The third kappa shape index (κ3) is 34.8. The molecular formula is C44H83NO4. The molecule has 0 aromatic heterocycles. The third-order valence-electron chi connectivity index (χ3n) is 9.71. The Balaban J connectivity index is 3.71. The summed E-state index contributed by atoms with van der Waals surface area (Å²) in [6, 6.07) is -0.817. The highest BCUT2D eigenvalue weighted by atomic mass is 16.3. The van der Waals surface area contributed by atoms with Gasteiger partial charge in [-0.1, -0.05) is 204 Å². The van der Waals surface area contributed by atoms with Gasteiger partial charge in [-0.25, -0.2) is 0 Å². The van der Waals surface area contributed by atoms with Gasteiger partial charge in [-0.15, -0.1) is 0 Å². The molecule has 0 fully saturated rings. The largest absolute Gasteiger partial charge is 0.394 e. The molecule has 0 aromatic rings. The second kappa shape index (κ2) is 39.4. The summed E-state index contributed by atoms with van der Waals surface area (Å²) in [5, 5.41) is 33.0. The Morgan fingerprint density at radius 3 is 1.24 bits per heavy atom. The van der Waals surface area contributed by atoms with Crippen molar-refractivity contribution in [2.45, 2.75) is 231 Å². The third-order valence-corrected chi connectivity index (χ3v) is 9.71. The van der Waals surface area contributed by atoms with Crippen LogP contribution in [0.4, 0.5) is 0 Å². The Morgan fingerprint density at radius 2 is 0.837 bits per heavy atom. The number of hydrogen-bond donors (Lipinski definition) is 4. The number of carbonyl (C=O) groups excluding carboxylic acids is 1. The van der Waals surface area contributed by atoms with Crippen LogP contribution in [-0.2, 0) is 4.79 Å². The Kier molecular flexibility index (Phi) is 38.2. The summed E-state index contributed by atoms with van der Waals surface area (Å²) in [6.07, 6.45) is 48.9. The molecule has 0 radical (unpaired) electrons. The van der Waals surface area contributed by atoms with E-state index in [0.29, 0.717) is 6.42 Å². The van der Waals surface area contributed by atoms with Gasteiger partial charge in [0.2, 0.25) is 5.91 Å². The maximum atomic E-state index is 12.4. The second-order valence-corrected chi connectivity index (χ2v) is 14.5. The van der Waals surface area contributed by atoms with Crippen LogP contribution >= 0.6 is 0 Å². The normalized spacial score (nSPS) is 14.0. The van der Waals surface area contributed by atoms with Crippen LogP contribution in [0.25, 0.3) is 0 Å². The molecule has 1 amide bonds. The minimum absolute atomic E-state index is 0.380. The van der Waals surface area contributed by atoms with Crippen molar-refractivity contribution < 1.29 is 20.1 Å². The number of hydrogen-bond acceptors (Lipinski definition) is 4. The Morgan fingerprint density at radius 1 is 0.490 bits per heavy atom. The van der Waals surface area contributed by atoms with E-state index in [9.17, 15) is 20.1 Å². The SMILES string of the molecule is CCCCCCC/C=C/CC/C=C/CC/C=C/C(O)C(CO)NC(=O)C(O)CCCCCCCCCCCCCCCCCCCCCC. The molecule has 3 atom stereocenters. The molecule has 0 saturated carbocycles. The van der Waals surface area contributed by atoms with Crippen LogP contribution < -0.4 is 5.32 Å². The van der Waals surface area contributed by atoms with E-state index in [4.69, 9.17) is 0 Å². The maximum Gasteiger partial charge on any atom is 0.249 e. The quantitative estimate of drug-likeness (QED) is 0.0384. The molecule has 0 aliphatic rings. The fourth-order valence-corrected chi connectivity index (χ4v) is 6.33. The molecule has 0 saturated heterocycles. The molecular weight excluding hydrogens is 606 g/mol. The first-order valence-corrected chi connectivity index (χ1v) is 21.3.